The van der Waals surface area contributed by atoms with Gasteiger partial charge >= 0.3 is 0 Å². The third-order valence-corrected chi connectivity index (χ3v) is 10.5. The van der Waals surface area contributed by atoms with E-state index in [1.165, 1.54) is 99.8 Å². The first kappa shape index (κ1) is 34.6. The average molecular weight is 693 g/mol. The van der Waals surface area contributed by atoms with Crippen molar-refractivity contribution in [2.45, 2.75) is 27.7 Å². The molecule has 54 heavy (non-hydrogen) atoms. The first-order valence-electron chi connectivity index (χ1n) is 18.8. The standard InChI is InChI=1S/C54H44/c1-37-15-23-41(24-16-37)27-33-51-45(43-29-19-39(3)20-30-43)11-7-13-49(51)53-35-36-54(48-10-6-5-9-47(48)53)50-14-8-12-46(44-31-21-40(4)22-32-44)52(50)34-28-42-25-17-38(2)18-26-42/h5-36H,1-4H3. The molecule has 0 aromatic heterocycles. The largest absolute Gasteiger partial charge is 0.0616 e. The summed E-state index contributed by atoms with van der Waals surface area (Å²) < 4.78 is 0. The second kappa shape index (κ2) is 15.2. The summed E-state index contributed by atoms with van der Waals surface area (Å²) in [6.45, 7) is 8.56. The number of hydrogen-bond donors (Lipinski definition) is 0. The molecule has 0 atom stereocenters. The van der Waals surface area contributed by atoms with Crippen molar-refractivity contribution in [1.29, 1.82) is 0 Å². The molecule has 0 N–H and O–H groups in total. The minimum atomic E-state index is 1.19. The molecule has 0 saturated heterocycles. The fourth-order valence-electron chi connectivity index (χ4n) is 7.41. The number of benzene rings is 8. The van der Waals surface area contributed by atoms with Crippen LogP contribution in [-0.2, 0) is 0 Å². The lowest BCUT2D eigenvalue weighted by Gasteiger charge is -2.19. The van der Waals surface area contributed by atoms with Crippen LogP contribution in [0.25, 0.3) is 79.6 Å². The second-order valence-electron chi connectivity index (χ2n) is 14.5. The minimum Gasteiger partial charge on any atom is -0.0616 e. The van der Waals surface area contributed by atoms with Crippen LogP contribution in [0.15, 0.2) is 170 Å². The molecule has 0 radical (unpaired) electrons. The van der Waals surface area contributed by atoms with Crippen molar-refractivity contribution in [2.24, 2.45) is 0 Å². The molecule has 0 fully saturated rings. The lowest BCUT2D eigenvalue weighted by molar-refractivity contribution is 1.46. The number of hydrogen-bond acceptors (Lipinski definition) is 0. The Bertz CT molecular complexity index is 2440. The van der Waals surface area contributed by atoms with E-state index in [9.17, 15) is 0 Å². The Morgan fingerprint density at radius 3 is 0.963 bits per heavy atom. The van der Waals surface area contributed by atoms with Gasteiger partial charge < -0.3 is 0 Å². The summed E-state index contributed by atoms with van der Waals surface area (Å²) in [6.07, 6.45) is 9.10. The molecule has 0 aliphatic carbocycles. The van der Waals surface area contributed by atoms with E-state index in [0.717, 1.165) is 0 Å². The molecule has 0 unspecified atom stereocenters. The van der Waals surface area contributed by atoms with E-state index in [4.69, 9.17) is 0 Å². The molecule has 0 aliphatic rings. The van der Waals surface area contributed by atoms with E-state index in [1.54, 1.807) is 0 Å². The monoisotopic (exact) mass is 692 g/mol. The van der Waals surface area contributed by atoms with Crippen molar-refractivity contribution in [1.82, 2.24) is 0 Å². The summed E-state index contributed by atoms with van der Waals surface area (Å²) >= 11 is 0. The third kappa shape index (κ3) is 7.25. The zero-order chi connectivity index (χ0) is 37.0. The highest BCUT2D eigenvalue weighted by atomic mass is 14.2. The molecule has 260 valence electrons. The van der Waals surface area contributed by atoms with E-state index in [1.807, 2.05) is 0 Å². The van der Waals surface area contributed by atoms with E-state index >= 15 is 0 Å². The molecule has 0 spiro atoms. The van der Waals surface area contributed by atoms with Gasteiger partial charge in [0.15, 0.2) is 0 Å². The highest BCUT2D eigenvalue weighted by molar-refractivity contribution is 6.08. The van der Waals surface area contributed by atoms with Gasteiger partial charge in [0.2, 0.25) is 0 Å². The fourth-order valence-corrected chi connectivity index (χ4v) is 7.41. The first-order valence-corrected chi connectivity index (χ1v) is 18.8. The molecule has 0 aliphatic heterocycles. The second-order valence-corrected chi connectivity index (χ2v) is 14.5. The van der Waals surface area contributed by atoms with Crippen molar-refractivity contribution in [2.75, 3.05) is 0 Å². The van der Waals surface area contributed by atoms with Gasteiger partial charge in [-0.25, -0.2) is 0 Å². The molecular weight excluding hydrogens is 649 g/mol. The third-order valence-electron chi connectivity index (χ3n) is 10.5. The molecule has 8 aromatic rings. The first-order chi connectivity index (χ1) is 26.4. The Labute approximate surface area is 320 Å². The van der Waals surface area contributed by atoms with Crippen LogP contribution in [0.2, 0.25) is 0 Å². The predicted molar refractivity (Wildman–Crippen MR) is 235 cm³/mol. The van der Waals surface area contributed by atoms with Gasteiger partial charge in [0.1, 0.15) is 0 Å². The fraction of sp³-hybridized carbons (Fsp3) is 0.0741. The van der Waals surface area contributed by atoms with Crippen LogP contribution in [0.1, 0.15) is 44.5 Å². The maximum atomic E-state index is 2.33. The molecule has 0 bridgehead atoms. The average Bonchev–Trinajstić information content (AvgIpc) is 3.20. The van der Waals surface area contributed by atoms with Gasteiger partial charge in [0.05, 0.1) is 0 Å². The van der Waals surface area contributed by atoms with E-state index in [-0.39, 0.29) is 0 Å². The quantitative estimate of drug-likeness (QED) is 0.139. The van der Waals surface area contributed by atoms with Crippen LogP contribution < -0.4 is 0 Å². The Hall–Kier alpha value is -6.50. The molecule has 8 aromatic carbocycles. The van der Waals surface area contributed by atoms with Gasteiger partial charge in [0, 0.05) is 0 Å². The van der Waals surface area contributed by atoms with Crippen molar-refractivity contribution in [3.05, 3.63) is 214 Å². The molecular formula is C54H44. The van der Waals surface area contributed by atoms with Crippen molar-refractivity contribution in [3.8, 4) is 44.5 Å². The maximum Gasteiger partial charge on any atom is -0.00987 e. The molecule has 0 heteroatoms. The smallest absolute Gasteiger partial charge is 0.00987 e. The normalized spacial score (nSPS) is 11.6. The summed E-state index contributed by atoms with van der Waals surface area (Å²) in [5.41, 5.74) is 19.6. The predicted octanol–water partition coefficient (Wildman–Crippen LogP) is 15.1. The number of rotatable bonds is 8. The van der Waals surface area contributed by atoms with Gasteiger partial charge in [-0.15, -0.1) is 0 Å². The van der Waals surface area contributed by atoms with Crippen LogP contribution in [0.5, 0.6) is 0 Å². The van der Waals surface area contributed by atoms with Crippen LogP contribution in [0.4, 0.5) is 0 Å². The van der Waals surface area contributed by atoms with Crippen molar-refractivity contribution >= 4 is 35.1 Å². The minimum absolute atomic E-state index is 1.19. The van der Waals surface area contributed by atoms with Crippen LogP contribution >= 0.6 is 0 Å². The lowest BCUT2D eigenvalue weighted by atomic mass is 9.85. The van der Waals surface area contributed by atoms with Crippen molar-refractivity contribution in [3.63, 3.8) is 0 Å². The van der Waals surface area contributed by atoms with Gasteiger partial charge in [-0.3, -0.25) is 0 Å². The molecule has 0 saturated carbocycles. The van der Waals surface area contributed by atoms with E-state index < -0.39 is 0 Å². The summed E-state index contributed by atoms with van der Waals surface area (Å²) in [4.78, 5) is 0. The maximum absolute atomic E-state index is 2.33. The molecule has 0 amide bonds. The Balaban J connectivity index is 1.32. The number of aryl methyl sites for hydroxylation is 4. The molecule has 8 rings (SSSR count). The highest BCUT2D eigenvalue weighted by Gasteiger charge is 2.17. The van der Waals surface area contributed by atoms with Gasteiger partial charge in [0.25, 0.3) is 0 Å². The molecule has 0 heterocycles. The van der Waals surface area contributed by atoms with Crippen molar-refractivity contribution < 1.29 is 0 Å². The summed E-state index contributed by atoms with van der Waals surface area (Å²) in [6, 6.07) is 62.3. The summed E-state index contributed by atoms with van der Waals surface area (Å²) in [7, 11) is 0. The SMILES string of the molecule is Cc1ccc(C=Cc2c(-c3ccc(C)cc3)cccc2-c2ccc(-c3cccc(-c4ccc(C)cc4)c3C=Cc3ccc(C)cc3)c3ccccc23)cc1. The van der Waals surface area contributed by atoms with Gasteiger partial charge in [-0.1, -0.05) is 216 Å². The Morgan fingerprint density at radius 1 is 0.259 bits per heavy atom. The Morgan fingerprint density at radius 2 is 0.593 bits per heavy atom. The highest BCUT2D eigenvalue weighted by Crippen LogP contribution is 2.42. The Kier molecular flexibility index (Phi) is 9.75. The van der Waals surface area contributed by atoms with Gasteiger partial charge in [-0.2, -0.15) is 0 Å². The zero-order valence-corrected chi connectivity index (χ0v) is 31.5. The summed E-state index contributed by atoms with van der Waals surface area (Å²) in [5, 5.41) is 2.46. The van der Waals surface area contributed by atoms with E-state index in [2.05, 4.69) is 222 Å². The number of fused-ring (bicyclic) bond motifs is 1. The van der Waals surface area contributed by atoms with Crippen LogP contribution in [-0.4, -0.2) is 0 Å². The van der Waals surface area contributed by atoms with E-state index in [0.29, 0.717) is 0 Å². The van der Waals surface area contributed by atoms with Crippen LogP contribution in [0, 0.1) is 27.7 Å². The van der Waals surface area contributed by atoms with Gasteiger partial charge in [-0.05, 0) is 105 Å². The van der Waals surface area contributed by atoms with Crippen LogP contribution in [0.3, 0.4) is 0 Å². The zero-order valence-electron chi connectivity index (χ0n) is 31.5. The molecule has 0 nitrogen and oxygen atoms in total. The topological polar surface area (TPSA) is 0 Å². The lowest BCUT2D eigenvalue weighted by Crippen LogP contribution is -1.93. The summed E-state index contributed by atoms with van der Waals surface area (Å²) in [5.74, 6) is 0.